The Balaban J connectivity index is 2.02. The maximum atomic E-state index is 12.6. The van der Waals surface area contributed by atoms with Gasteiger partial charge in [-0.05, 0) is 51.5 Å². The van der Waals surface area contributed by atoms with Crippen LogP contribution in [0.4, 0.5) is 5.69 Å². The van der Waals surface area contributed by atoms with Crippen LogP contribution in [0, 0.1) is 6.92 Å². The summed E-state index contributed by atoms with van der Waals surface area (Å²) in [6.07, 6.45) is 0.193. The molecule has 2 rings (SSSR count). The topological polar surface area (TPSA) is 41.6 Å². The van der Waals surface area contributed by atoms with Crippen LogP contribution in [0.3, 0.4) is 0 Å². The van der Waals surface area contributed by atoms with E-state index >= 15 is 0 Å². The number of ether oxygens (including phenoxy) is 1. The number of carbonyl (C=O) groups excluding carboxylic acids is 1. The van der Waals surface area contributed by atoms with Crippen molar-refractivity contribution in [2.24, 2.45) is 0 Å². The number of hydrogen-bond donors (Lipinski definition) is 1. The van der Waals surface area contributed by atoms with Gasteiger partial charge in [0.2, 0.25) is 5.91 Å². The lowest BCUT2D eigenvalue weighted by molar-refractivity contribution is -0.143. The van der Waals surface area contributed by atoms with E-state index in [4.69, 9.17) is 4.74 Å². The van der Waals surface area contributed by atoms with Crippen LogP contribution in [0.15, 0.2) is 22.7 Å². The van der Waals surface area contributed by atoms with Crippen molar-refractivity contribution in [3.63, 3.8) is 0 Å². The normalized spacial score (nSPS) is 23.8. The molecule has 1 N–H and O–H groups in total. The number of amides is 1. The Morgan fingerprint density at radius 3 is 2.57 bits per heavy atom. The van der Waals surface area contributed by atoms with Gasteiger partial charge in [0, 0.05) is 23.2 Å². The van der Waals surface area contributed by atoms with Gasteiger partial charge in [-0.1, -0.05) is 15.9 Å². The SMILES string of the molecule is Cc1cc(Br)ccc1N[C@H](C)C(=O)N1C[C@@H](C)O[C@H](C)C1. The molecule has 5 heteroatoms. The molecule has 0 saturated carbocycles. The van der Waals surface area contributed by atoms with Crippen LogP contribution in [0.25, 0.3) is 0 Å². The van der Waals surface area contributed by atoms with E-state index in [9.17, 15) is 4.79 Å². The number of nitrogens with one attached hydrogen (secondary N) is 1. The molecule has 3 atom stereocenters. The molecule has 0 radical (unpaired) electrons. The predicted octanol–water partition coefficient (Wildman–Crippen LogP) is 3.19. The number of halogens is 1. The fraction of sp³-hybridized carbons (Fsp3) is 0.562. The van der Waals surface area contributed by atoms with E-state index in [1.165, 1.54) is 0 Å². The average Bonchev–Trinajstić information content (AvgIpc) is 2.40. The summed E-state index contributed by atoms with van der Waals surface area (Å²) in [7, 11) is 0. The number of anilines is 1. The fourth-order valence-electron chi connectivity index (χ4n) is 2.72. The van der Waals surface area contributed by atoms with Crippen molar-refractivity contribution in [3.8, 4) is 0 Å². The Morgan fingerprint density at radius 1 is 1.38 bits per heavy atom. The third-order valence-electron chi connectivity index (χ3n) is 3.66. The number of morpholine rings is 1. The number of nitrogens with zero attached hydrogens (tertiary/aromatic N) is 1. The molecule has 21 heavy (non-hydrogen) atoms. The van der Waals surface area contributed by atoms with Crippen molar-refractivity contribution in [2.75, 3.05) is 18.4 Å². The van der Waals surface area contributed by atoms with Crippen molar-refractivity contribution in [1.29, 1.82) is 0 Å². The Kier molecular flexibility index (Phi) is 5.27. The molecule has 0 aliphatic carbocycles. The third-order valence-corrected chi connectivity index (χ3v) is 4.16. The zero-order valence-corrected chi connectivity index (χ0v) is 14.6. The first-order chi connectivity index (χ1) is 9.86. The van der Waals surface area contributed by atoms with Gasteiger partial charge in [0.15, 0.2) is 0 Å². The molecule has 116 valence electrons. The van der Waals surface area contributed by atoms with Crippen LogP contribution in [-0.2, 0) is 9.53 Å². The van der Waals surface area contributed by atoms with E-state index in [2.05, 4.69) is 21.2 Å². The van der Waals surface area contributed by atoms with E-state index in [-0.39, 0.29) is 24.2 Å². The number of hydrogen-bond acceptors (Lipinski definition) is 3. The molecule has 0 aromatic heterocycles. The van der Waals surface area contributed by atoms with Crippen molar-refractivity contribution in [2.45, 2.75) is 45.9 Å². The summed E-state index contributed by atoms with van der Waals surface area (Å²) in [6, 6.07) is 5.76. The van der Waals surface area contributed by atoms with Crippen LogP contribution in [0.1, 0.15) is 26.3 Å². The van der Waals surface area contributed by atoms with E-state index < -0.39 is 0 Å². The predicted molar refractivity (Wildman–Crippen MR) is 88.6 cm³/mol. The van der Waals surface area contributed by atoms with Gasteiger partial charge in [-0.3, -0.25) is 4.79 Å². The first-order valence-electron chi connectivity index (χ1n) is 7.33. The van der Waals surface area contributed by atoms with Crippen molar-refractivity contribution < 1.29 is 9.53 Å². The van der Waals surface area contributed by atoms with E-state index in [1.807, 2.05) is 50.8 Å². The van der Waals surface area contributed by atoms with Crippen molar-refractivity contribution in [1.82, 2.24) is 4.90 Å². The van der Waals surface area contributed by atoms with Gasteiger partial charge in [-0.15, -0.1) is 0 Å². The first-order valence-corrected chi connectivity index (χ1v) is 8.13. The highest BCUT2D eigenvalue weighted by Gasteiger charge is 2.28. The first kappa shape index (κ1) is 16.3. The number of carbonyl (C=O) groups is 1. The third kappa shape index (κ3) is 4.20. The minimum atomic E-state index is -0.248. The van der Waals surface area contributed by atoms with E-state index in [0.717, 1.165) is 15.7 Å². The van der Waals surface area contributed by atoms with Gasteiger partial charge >= 0.3 is 0 Å². The summed E-state index contributed by atoms with van der Waals surface area (Å²) in [6.45, 7) is 9.28. The molecule has 1 aliphatic rings. The standard InChI is InChI=1S/C16H23BrN2O2/c1-10-7-14(17)5-6-15(10)18-13(4)16(20)19-8-11(2)21-12(3)9-19/h5-7,11-13,18H,8-9H2,1-4H3/t11-,12-,13-/m1/s1. The number of aryl methyl sites for hydroxylation is 1. The maximum absolute atomic E-state index is 12.6. The fourth-order valence-corrected chi connectivity index (χ4v) is 3.19. The summed E-state index contributed by atoms with van der Waals surface area (Å²) >= 11 is 3.45. The smallest absolute Gasteiger partial charge is 0.244 e. The summed E-state index contributed by atoms with van der Waals surface area (Å²) in [5, 5.41) is 3.31. The molecule has 1 fully saturated rings. The summed E-state index contributed by atoms with van der Waals surface area (Å²) in [5.41, 5.74) is 2.11. The van der Waals surface area contributed by atoms with Crippen LogP contribution < -0.4 is 5.32 Å². The van der Waals surface area contributed by atoms with Crippen molar-refractivity contribution >= 4 is 27.5 Å². The molecular formula is C16H23BrN2O2. The maximum Gasteiger partial charge on any atom is 0.244 e. The molecule has 0 unspecified atom stereocenters. The second-order valence-corrected chi connectivity index (χ2v) is 6.74. The highest BCUT2D eigenvalue weighted by atomic mass is 79.9. The largest absolute Gasteiger partial charge is 0.374 e. The average molecular weight is 355 g/mol. The van der Waals surface area contributed by atoms with E-state index in [1.54, 1.807) is 0 Å². The Morgan fingerprint density at radius 2 is 2.00 bits per heavy atom. The summed E-state index contributed by atoms with van der Waals surface area (Å²) in [5.74, 6) is 0.124. The monoisotopic (exact) mass is 354 g/mol. The Hall–Kier alpha value is -1.07. The molecular weight excluding hydrogens is 332 g/mol. The highest BCUT2D eigenvalue weighted by Crippen LogP contribution is 2.21. The molecule has 1 saturated heterocycles. The highest BCUT2D eigenvalue weighted by molar-refractivity contribution is 9.10. The van der Waals surface area contributed by atoms with Gasteiger partial charge in [0.05, 0.1) is 12.2 Å². The summed E-state index contributed by atoms with van der Waals surface area (Å²) in [4.78, 5) is 14.5. The quantitative estimate of drug-likeness (QED) is 0.906. The lowest BCUT2D eigenvalue weighted by atomic mass is 10.1. The zero-order chi connectivity index (χ0) is 15.6. The van der Waals surface area contributed by atoms with Gasteiger partial charge in [-0.25, -0.2) is 0 Å². The van der Waals surface area contributed by atoms with Crippen LogP contribution in [0.5, 0.6) is 0 Å². The van der Waals surface area contributed by atoms with Gasteiger partial charge in [-0.2, -0.15) is 0 Å². The second-order valence-electron chi connectivity index (χ2n) is 5.83. The molecule has 1 aromatic carbocycles. The van der Waals surface area contributed by atoms with Crippen LogP contribution in [0.2, 0.25) is 0 Å². The van der Waals surface area contributed by atoms with Crippen molar-refractivity contribution in [3.05, 3.63) is 28.2 Å². The van der Waals surface area contributed by atoms with Crippen LogP contribution in [-0.4, -0.2) is 42.1 Å². The minimum Gasteiger partial charge on any atom is -0.374 e. The van der Waals surface area contributed by atoms with Crippen LogP contribution >= 0.6 is 15.9 Å². The number of rotatable bonds is 3. The molecule has 1 amide bonds. The van der Waals surface area contributed by atoms with E-state index in [0.29, 0.717) is 13.1 Å². The van der Waals surface area contributed by atoms with Gasteiger partial charge in [0.1, 0.15) is 6.04 Å². The minimum absolute atomic E-state index is 0.0966. The second kappa shape index (κ2) is 6.79. The lowest BCUT2D eigenvalue weighted by Gasteiger charge is -2.36. The van der Waals surface area contributed by atoms with Gasteiger partial charge in [0.25, 0.3) is 0 Å². The molecule has 4 nitrogen and oxygen atoms in total. The Bertz CT molecular complexity index is 511. The van der Waals surface area contributed by atoms with Gasteiger partial charge < -0.3 is 15.0 Å². The zero-order valence-electron chi connectivity index (χ0n) is 13.0. The molecule has 0 bridgehead atoms. The molecule has 1 aromatic rings. The molecule has 1 heterocycles. The molecule has 1 aliphatic heterocycles. The number of benzene rings is 1. The Labute approximate surface area is 135 Å². The summed E-state index contributed by atoms with van der Waals surface area (Å²) < 4.78 is 6.72. The molecule has 0 spiro atoms. The lowest BCUT2D eigenvalue weighted by Crippen LogP contribution is -2.52.